The third kappa shape index (κ3) is 4.60. The molecule has 0 bridgehead atoms. The first-order valence-electron chi connectivity index (χ1n) is 8.03. The highest BCUT2D eigenvalue weighted by molar-refractivity contribution is 5.92. The van der Waals surface area contributed by atoms with Crippen LogP contribution in [0.2, 0.25) is 0 Å². The second-order valence-electron chi connectivity index (χ2n) is 5.63. The number of carboxylic acid groups (broad SMARTS) is 2. The molecule has 4 aromatic rings. The number of rotatable bonds is 4. The third-order valence-corrected chi connectivity index (χ3v) is 3.75. The van der Waals surface area contributed by atoms with E-state index in [1.807, 2.05) is 36.4 Å². The Hall–Kier alpha value is -3.87. The molecule has 3 aromatic carbocycles. The average molecular weight is 364 g/mol. The number of nitrogens with one attached hydrogen (secondary N) is 1. The summed E-state index contributed by atoms with van der Waals surface area (Å²) in [4.78, 5) is 27.7. The average Bonchev–Trinajstić information content (AvgIpc) is 3.14. The van der Waals surface area contributed by atoms with Gasteiger partial charge in [-0.05, 0) is 41.1 Å². The molecule has 1 aromatic heterocycles. The van der Waals surface area contributed by atoms with E-state index in [9.17, 15) is 9.59 Å². The van der Waals surface area contributed by atoms with Crippen LogP contribution < -0.4 is 4.74 Å². The van der Waals surface area contributed by atoms with Crippen molar-refractivity contribution in [2.45, 2.75) is 0 Å². The zero-order valence-electron chi connectivity index (χ0n) is 14.1. The molecule has 0 saturated carbocycles. The Bertz CT molecular complexity index is 1100. The third-order valence-electron chi connectivity index (χ3n) is 3.75. The van der Waals surface area contributed by atoms with E-state index >= 15 is 0 Å². The number of benzene rings is 3. The number of aromatic nitrogens is 2. The molecule has 7 nitrogen and oxygen atoms in total. The second kappa shape index (κ2) is 8.01. The molecule has 1 heterocycles. The van der Waals surface area contributed by atoms with E-state index < -0.39 is 11.9 Å². The minimum Gasteiger partial charge on any atom is -0.482 e. The number of aliphatic carboxylic acids is 1. The van der Waals surface area contributed by atoms with Crippen LogP contribution in [0, 0.1) is 0 Å². The highest BCUT2D eigenvalue weighted by Crippen LogP contribution is 2.20. The van der Waals surface area contributed by atoms with Crippen LogP contribution in [-0.2, 0) is 4.79 Å². The summed E-state index contributed by atoms with van der Waals surface area (Å²) in [6.45, 7) is -0.307. The van der Waals surface area contributed by atoms with E-state index in [2.05, 4.69) is 9.97 Å². The molecule has 4 rings (SSSR count). The lowest BCUT2D eigenvalue weighted by molar-refractivity contribution is -0.139. The van der Waals surface area contributed by atoms with E-state index in [-0.39, 0.29) is 12.2 Å². The van der Waals surface area contributed by atoms with Gasteiger partial charge in [0.05, 0.1) is 22.9 Å². The zero-order chi connectivity index (χ0) is 19.2. The molecular formula is C20H16N2O5. The maximum absolute atomic E-state index is 10.5. The summed E-state index contributed by atoms with van der Waals surface area (Å²) < 4.78 is 5.08. The fourth-order valence-corrected chi connectivity index (χ4v) is 2.47. The lowest BCUT2D eigenvalue weighted by Crippen LogP contribution is -2.09. The first kappa shape index (κ1) is 17.9. The molecule has 0 saturated heterocycles. The molecule has 0 aliphatic rings. The van der Waals surface area contributed by atoms with Gasteiger partial charge in [-0.1, -0.05) is 30.3 Å². The summed E-state index contributed by atoms with van der Waals surface area (Å²) in [6.07, 6.45) is 1.54. The second-order valence-corrected chi connectivity index (χ2v) is 5.63. The Kier molecular flexibility index (Phi) is 5.32. The standard InChI is InChI=1S/C12H10O3.C8H6N2O2/c13-12(14)8-15-11-6-5-9-3-1-2-4-10(9)7-11;11-8(12)5-1-2-6-7(3-5)10-4-9-6/h1-7H,8H2,(H,13,14);1-4H,(H,9,10)(H,11,12). The number of H-pyrrole nitrogens is 1. The van der Waals surface area contributed by atoms with Crippen LogP contribution in [-0.4, -0.2) is 38.7 Å². The molecule has 0 fully saturated rings. The van der Waals surface area contributed by atoms with Gasteiger partial charge < -0.3 is 19.9 Å². The van der Waals surface area contributed by atoms with Crippen molar-refractivity contribution in [1.29, 1.82) is 0 Å². The zero-order valence-corrected chi connectivity index (χ0v) is 14.1. The Morgan fingerprint density at radius 2 is 1.74 bits per heavy atom. The van der Waals surface area contributed by atoms with Crippen LogP contribution in [0.3, 0.4) is 0 Å². The molecule has 136 valence electrons. The summed E-state index contributed by atoms with van der Waals surface area (Å²) in [5.74, 6) is -1.31. The van der Waals surface area contributed by atoms with Gasteiger partial charge in [0.1, 0.15) is 5.75 Å². The molecule has 0 spiro atoms. The molecular weight excluding hydrogens is 348 g/mol. The minimum atomic E-state index is -0.969. The van der Waals surface area contributed by atoms with Gasteiger partial charge in [-0.3, -0.25) is 0 Å². The monoisotopic (exact) mass is 364 g/mol. The number of carbonyl (C=O) groups is 2. The first-order valence-corrected chi connectivity index (χ1v) is 8.03. The Morgan fingerprint density at radius 1 is 0.963 bits per heavy atom. The molecule has 0 radical (unpaired) electrons. The molecule has 0 aliphatic carbocycles. The fourth-order valence-electron chi connectivity index (χ4n) is 2.47. The maximum atomic E-state index is 10.5. The first-order chi connectivity index (χ1) is 13.0. The van der Waals surface area contributed by atoms with Gasteiger partial charge >= 0.3 is 11.9 Å². The number of hydrogen-bond donors (Lipinski definition) is 3. The van der Waals surface area contributed by atoms with E-state index in [0.717, 1.165) is 21.8 Å². The number of hydrogen-bond acceptors (Lipinski definition) is 4. The summed E-state index contributed by atoms with van der Waals surface area (Å²) in [5, 5.41) is 19.3. The Balaban J connectivity index is 0.000000159. The van der Waals surface area contributed by atoms with Crippen molar-refractivity contribution < 1.29 is 24.5 Å². The molecule has 0 amide bonds. The largest absolute Gasteiger partial charge is 0.482 e. The van der Waals surface area contributed by atoms with E-state index in [1.54, 1.807) is 18.2 Å². The van der Waals surface area contributed by atoms with Crippen molar-refractivity contribution in [3.05, 3.63) is 72.6 Å². The van der Waals surface area contributed by atoms with Crippen LogP contribution in [0.15, 0.2) is 67.0 Å². The van der Waals surface area contributed by atoms with Crippen molar-refractivity contribution in [2.75, 3.05) is 6.61 Å². The lowest BCUT2D eigenvalue weighted by Gasteiger charge is -2.04. The number of imidazole rings is 1. The number of aromatic amines is 1. The molecule has 0 atom stereocenters. The van der Waals surface area contributed by atoms with Gasteiger partial charge in [-0.15, -0.1) is 0 Å². The van der Waals surface area contributed by atoms with Crippen molar-refractivity contribution in [1.82, 2.24) is 9.97 Å². The quantitative estimate of drug-likeness (QED) is 0.510. The number of aromatic carboxylic acids is 1. The van der Waals surface area contributed by atoms with Crippen molar-refractivity contribution in [3.8, 4) is 5.75 Å². The summed E-state index contributed by atoms with van der Waals surface area (Å²) in [6, 6.07) is 18.1. The Labute approximate surface area is 153 Å². The maximum Gasteiger partial charge on any atom is 0.341 e. The topological polar surface area (TPSA) is 113 Å². The fraction of sp³-hybridized carbons (Fsp3) is 0.0500. The van der Waals surface area contributed by atoms with Crippen LogP contribution in [0.4, 0.5) is 0 Å². The predicted octanol–water partition coefficient (Wildman–Crippen LogP) is 3.56. The lowest BCUT2D eigenvalue weighted by atomic mass is 10.1. The smallest absolute Gasteiger partial charge is 0.341 e. The molecule has 27 heavy (non-hydrogen) atoms. The number of ether oxygens (including phenoxy) is 1. The normalized spacial score (nSPS) is 10.2. The van der Waals surface area contributed by atoms with Gasteiger partial charge in [0.25, 0.3) is 0 Å². The molecule has 0 aliphatic heterocycles. The Morgan fingerprint density at radius 3 is 2.48 bits per heavy atom. The highest BCUT2D eigenvalue weighted by Gasteiger charge is 2.03. The highest BCUT2D eigenvalue weighted by atomic mass is 16.5. The summed E-state index contributed by atoms with van der Waals surface area (Å²) >= 11 is 0. The minimum absolute atomic E-state index is 0.270. The van der Waals surface area contributed by atoms with Gasteiger partial charge in [0.15, 0.2) is 6.61 Å². The van der Waals surface area contributed by atoms with Crippen LogP contribution in [0.5, 0.6) is 5.75 Å². The molecule has 3 N–H and O–H groups in total. The van der Waals surface area contributed by atoms with Crippen molar-refractivity contribution >= 4 is 33.7 Å². The van der Waals surface area contributed by atoms with Gasteiger partial charge in [0, 0.05) is 0 Å². The van der Waals surface area contributed by atoms with Crippen LogP contribution >= 0.6 is 0 Å². The van der Waals surface area contributed by atoms with E-state index in [4.69, 9.17) is 14.9 Å². The van der Waals surface area contributed by atoms with Gasteiger partial charge in [-0.2, -0.15) is 0 Å². The number of fused-ring (bicyclic) bond motifs is 2. The predicted molar refractivity (Wildman–Crippen MR) is 100 cm³/mol. The van der Waals surface area contributed by atoms with Gasteiger partial charge in [0.2, 0.25) is 0 Å². The van der Waals surface area contributed by atoms with E-state index in [0.29, 0.717) is 5.75 Å². The van der Waals surface area contributed by atoms with Gasteiger partial charge in [-0.25, -0.2) is 14.6 Å². The van der Waals surface area contributed by atoms with Crippen LogP contribution in [0.25, 0.3) is 21.8 Å². The number of nitrogens with zero attached hydrogens (tertiary/aromatic N) is 1. The SMILES string of the molecule is O=C(O)COc1ccc2ccccc2c1.O=C(O)c1ccc2nc[nH]c2c1. The van der Waals surface area contributed by atoms with E-state index in [1.165, 1.54) is 12.4 Å². The van der Waals surface area contributed by atoms with Crippen molar-refractivity contribution in [2.24, 2.45) is 0 Å². The molecule has 7 heteroatoms. The number of carboxylic acids is 2. The summed E-state index contributed by atoms with van der Waals surface area (Å²) in [5.41, 5.74) is 1.79. The molecule has 0 unspecified atom stereocenters. The van der Waals surface area contributed by atoms with Crippen molar-refractivity contribution in [3.63, 3.8) is 0 Å². The summed E-state index contributed by atoms with van der Waals surface area (Å²) in [7, 11) is 0. The van der Waals surface area contributed by atoms with Crippen LogP contribution in [0.1, 0.15) is 10.4 Å².